The van der Waals surface area contributed by atoms with Crippen LogP contribution in [0.4, 0.5) is 0 Å². The molecule has 18 heavy (non-hydrogen) atoms. The molecule has 0 aromatic heterocycles. The molecule has 1 aliphatic rings. The quantitative estimate of drug-likeness (QED) is 0.908. The van der Waals surface area contributed by atoms with Crippen molar-refractivity contribution in [3.8, 4) is 6.07 Å². The highest BCUT2D eigenvalue weighted by atomic mass is 35.5. The van der Waals surface area contributed by atoms with Crippen molar-refractivity contribution in [2.45, 2.75) is 18.9 Å². The van der Waals surface area contributed by atoms with E-state index < -0.39 is 5.54 Å². The maximum absolute atomic E-state index is 9.52. The average molecular weight is 264 g/mol. The van der Waals surface area contributed by atoms with Crippen molar-refractivity contribution in [1.82, 2.24) is 10.2 Å². The van der Waals surface area contributed by atoms with Crippen LogP contribution < -0.4 is 5.32 Å². The van der Waals surface area contributed by atoms with E-state index in [4.69, 9.17) is 11.6 Å². The van der Waals surface area contributed by atoms with Gasteiger partial charge in [-0.3, -0.25) is 4.90 Å². The molecule has 1 heterocycles. The molecule has 1 aromatic rings. The molecule has 1 fully saturated rings. The third-order valence-electron chi connectivity index (χ3n) is 3.52. The van der Waals surface area contributed by atoms with Crippen molar-refractivity contribution in [1.29, 1.82) is 5.26 Å². The highest BCUT2D eigenvalue weighted by Crippen LogP contribution is 2.22. The van der Waals surface area contributed by atoms with Crippen LogP contribution in [0.5, 0.6) is 0 Å². The van der Waals surface area contributed by atoms with E-state index in [2.05, 4.69) is 16.3 Å². The lowest BCUT2D eigenvalue weighted by atomic mass is 9.92. The number of hydrogen-bond donors (Lipinski definition) is 1. The summed E-state index contributed by atoms with van der Waals surface area (Å²) in [5, 5.41) is 13.6. The molecule has 1 unspecified atom stereocenters. The van der Waals surface area contributed by atoms with E-state index in [1.54, 1.807) is 0 Å². The van der Waals surface area contributed by atoms with E-state index in [1.807, 2.05) is 31.2 Å². The lowest BCUT2D eigenvalue weighted by molar-refractivity contribution is 0.132. The first-order valence-corrected chi connectivity index (χ1v) is 6.63. The Labute approximate surface area is 113 Å². The van der Waals surface area contributed by atoms with Crippen molar-refractivity contribution in [2.24, 2.45) is 0 Å². The third-order valence-corrected chi connectivity index (χ3v) is 3.77. The van der Waals surface area contributed by atoms with Gasteiger partial charge in [-0.1, -0.05) is 23.7 Å². The van der Waals surface area contributed by atoms with Crippen LogP contribution >= 0.6 is 11.6 Å². The molecule has 2 rings (SSSR count). The van der Waals surface area contributed by atoms with Gasteiger partial charge in [0.1, 0.15) is 5.54 Å². The van der Waals surface area contributed by atoms with Crippen molar-refractivity contribution < 1.29 is 0 Å². The molecule has 0 saturated carbocycles. The summed E-state index contributed by atoms with van der Waals surface area (Å²) in [7, 11) is 0. The van der Waals surface area contributed by atoms with Crippen LogP contribution in [0.1, 0.15) is 12.5 Å². The fraction of sp³-hybridized carbons (Fsp3) is 0.500. The standard InChI is InChI=1S/C14H18ClN3/c1-14(11-16,18-8-6-17-7-9-18)10-12-2-4-13(15)5-3-12/h2-5,17H,6-10H2,1H3. The molecule has 0 aliphatic carbocycles. The average Bonchev–Trinajstić information content (AvgIpc) is 2.42. The minimum Gasteiger partial charge on any atom is -0.314 e. The fourth-order valence-electron chi connectivity index (χ4n) is 2.38. The highest BCUT2D eigenvalue weighted by molar-refractivity contribution is 6.30. The zero-order valence-corrected chi connectivity index (χ0v) is 11.4. The topological polar surface area (TPSA) is 39.1 Å². The summed E-state index contributed by atoms with van der Waals surface area (Å²) in [6.45, 7) is 5.79. The summed E-state index contributed by atoms with van der Waals surface area (Å²) in [4.78, 5) is 2.26. The zero-order valence-electron chi connectivity index (χ0n) is 10.6. The summed E-state index contributed by atoms with van der Waals surface area (Å²) in [5.41, 5.74) is 0.720. The maximum atomic E-state index is 9.52. The van der Waals surface area contributed by atoms with Gasteiger partial charge in [0.15, 0.2) is 0 Å². The van der Waals surface area contributed by atoms with E-state index in [0.717, 1.165) is 43.2 Å². The Morgan fingerprint density at radius 2 is 1.94 bits per heavy atom. The number of benzene rings is 1. The van der Waals surface area contributed by atoms with Crippen LogP contribution in [-0.4, -0.2) is 36.6 Å². The van der Waals surface area contributed by atoms with Crippen LogP contribution in [0.2, 0.25) is 5.02 Å². The number of rotatable bonds is 3. The highest BCUT2D eigenvalue weighted by Gasteiger charge is 2.32. The molecule has 1 saturated heterocycles. The summed E-state index contributed by atoms with van der Waals surface area (Å²) in [5.74, 6) is 0. The molecule has 0 bridgehead atoms. The second-order valence-corrected chi connectivity index (χ2v) is 5.36. The molecule has 1 aromatic carbocycles. The predicted molar refractivity (Wildman–Crippen MR) is 73.6 cm³/mol. The molecule has 0 spiro atoms. The minimum absolute atomic E-state index is 0.435. The van der Waals surface area contributed by atoms with Crippen LogP contribution in [0, 0.1) is 11.3 Å². The van der Waals surface area contributed by atoms with Gasteiger partial charge in [-0.2, -0.15) is 5.26 Å². The van der Waals surface area contributed by atoms with Crippen molar-refractivity contribution in [2.75, 3.05) is 26.2 Å². The molecular formula is C14H18ClN3. The first kappa shape index (κ1) is 13.4. The Bertz CT molecular complexity index is 431. The predicted octanol–water partition coefficient (Wildman–Crippen LogP) is 2.07. The number of hydrogen-bond acceptors (Lipinski definition) is 3. The molecule has 1 atom stereocenters. The molecular weight excluding hydrogens is 246 g/mol. The monoisotopic (exact) mass is 263 g/mol. The van der Waals surface area contributed by atoms with Crippen LogP contribution in [0.3, 0.4) is 0 Å². The minimum atomic E-state index is -0.435. The van der Waals surface area contributed by atoms with Gasteiger partial charge in [0.25, 0.3) is 0 Å². The van der Waals surface area contributed by atoms with Crippen molar-refractivity contribution >= 4 is 11.6 Å². The van der Waals surface area contributed by atoms with Gasteiger partial charge >= 0.3 is 0 Å². The lowest BCUT2D eigenvalue weighted by Gasteiger charge is -2.38. The fourth-order valence-corrected chi connectivity index (χ4v) is 2.51. The second-order valence-electron chi connectivity index (χ2n) is 4.93. The number of nitrogens with zero attached hydrogens (tertiary/aromatic N) is 2. The van der Waals surface area contributed by atoms with E-state index in [1.165, 1.54) is 0 Å². The smallest absolute Gasteiger partial charge is 0.110 e. The Balaban J connectivity index is 2.12. The number of nitrogens with one attached hydrogen (secondary N) is 1. The Kier molecular flexibility index (Phi) is 4.23. The van der Waals surface area contributed by atoms with Gasteiger partial charge < -0.3 is 5.32 Å². The van der Waals surface area contributed by atoms with Crippen LogP contribution in [0.25, 0.3) is 0 Å². The van der Waals surface area contributed by atoms with Gasteiger partial charge in [0, 0.05) is 37.6 Å². The molecule has 4 heteroatoms. The second kappa shape index (κ2) is 5.71. The van der Waals surface area contributed by atoms with Gasteiger partial charge in [0.05, 0.1) is 6.07 Å². The van der Waals surface area contributed by atoms with Crippen molar-refractivity contribution in [3.63, 3.8) is 0 Å². The number of halogens is 1. The van der Waals surface area contributed by atoms with Crippen LogP contribution in [0.15, 0.2) is 24.3 Å². The molecule has 0 amide bonds. The van der Waals surface area contributed by atoms with E-state index in [0.29, 0.717) is 0 Å². The maximum Gasteiger partial charge on any atom is 0.110 e. The SMILES string of the molecule is CC(C#N)(Cc1ccc(Cl)cc1)N1CCNCC1. The van der Waals surface area contributed by atoms with Gasteiger partial charge in [-0.05, 0) is 24.6 Å². The molecule has 1 N–H and O–H groups in total. The molecule has 0 radical (unpaired) electrons. The summed E-state index contributed by atoms with van der Waals surface area (Å²) < 4.78 is 0. The van der Waals surface area contributed by atoms with Gasteiger partial charge in [0.2, 0.25) is 0 Å². The van der Waals surface area contributed by atoms with E-state index in [9.17, 15) is 5.26 Å². The van der Waals surface area contributed by atoms with E-state index in [-0.39, 0.29) is 0 Å². The molecule has 3 nitrogen and oxygen atoms in total. The summed E-state index contributed by atoms with van der Waals surface area (Å²) >= 11 is 5.88. The summed E-state index contributed by atoms with van der Waals surface area (Å²) in [6, 6.07) is 10.2. The molecule has 1 aliphatic heterocycles. The first-order valence-electron chi connectivity index (χ1n) is 6.25. The Morgan fingerprint density at radius 3 is 2.50 bits per heavy atom. The van der Waals surface area contributed by atoms with E-state index >= 15 is 0 Å². The third kappa shape index (κ3) is 3.02. The first-order chi connectivity index (χ1) is 8.64. The molecule has 96 valence electrons. The van der Waals surface area contributed by atoms with Gasteiger partial charge in [-0.15, -0.1) is 0 Å². The largest absolute Gasteiger partial charge is 0.314 e. The number of nitriles is 1. The summed E-state index contributed by atoms with van der Waals surface area (Å²) in [6.07, 6.45) is 0.737. The zero-order chi connectivity index (χ0) is 13.0. The van der Waals surface area contributed by atoms with Gasteiger partial charge in [-0.25, -0.2) is 0 Å². The normalized spacial score (nSPS) is 20.1. The number of piperazine rings is 1. The Morgan fingerprint density at radius 1 is 1.33 bits per heavy atom. The van der Waals surface area contributed by atoms with Crippen LogP contribution in [-0.2, 0) is 6.42 Å². The Hall–Kier alpha value is -1.08. The lowest BCUT2D eigenvalue weighted by Crippen LogP contribution is -2.55. The van der Waals surface area contributed by atoms with Crippen molar-refractivity contribution in [3.05, 3.63) is 34.9 Å².